The molecule has 1 rings (SSSR count). The van der Waals surface area contributed by atoms with Gasteiger partial charge in [0, 0.05) is 28.0 Å². The lowest BCUT2D eigenvalue weighted by molar-refractivity contribution is 0.334. The molecule has 0 aromatic heterocycles. The molecule has 0 atom stereocenters. The van der Waals surface area contributed by atoms with E-state index in [0.717, 1.165) is 23.4 Å². The zero-order valence-corrected chi connectivity index (χ0v) is 12.5. The van der Waals surface area contributed by atoms with Crippen molar-refractivity contribution in [2.45, 2.75) is 38.8 Å². The Morgan fingerprint density at radius 1 is 1.18 bits per heavy atom. The summed E-state index contributed by atoms with van der Waals surface area (Å²) in [5, 5.41) is 4.93. The second-order valence-corrected chi connectivity index (χ2v) is 5.32. The summed E-state index contributed by atoms with van der Waals surface area (Å²) in [4.78, 5) is 0. The standard InChI is InChI=1S/C13H18Cl3N/c1-3-13(4-2,9-14)17-8-10-7-11(15)5-6-12(10)16/h5-7,17H,3-4,8-9H2,1-2H3. The van der Waals surface area contributed by atoms with Crippen molar-refractivity contribution in [2.24, 2.45) is 0 Å². The zero-order chi connectivity index (χ0) is 12.9. The van der Waals surface area contributed by atoms with Crippen LogP contribution in [0.5, 0.6) is 0 Å². The molecule has 1 aromatic rings. The first-order valence-corrected chi connectivity index (χ1v) is 7.11. The lowest BCUT2D eigenvalue weighted by Crippen LogP contribution is -2.45. The molecule has 0 fully saturated rings. The minimum absolute atomic E-state index is 0.0206. The first kappa shape index (κ1) is 15.1. The third kappa shape index (κ3) is 4.03. The lowest BCUT2D eigenvalue weighted by Gasteiger charge is -2.31. The summed E-state index contributed by atoms with van der Waals surface area (Å²) in [6, 6.07) is 5.50. The maximum atomic E-state index is 6.12. The summed E-state index contributed by atoms with van der Waals surface area (Å²) < 4.78 is 0. The van der Waals surface area contributed by atoms with Crippen LogP contribution in [0.1, 0.15) is 32.3 Å². The topological polar surface area (TPSA) is 12.0 Å². The van der Waals surface area contributed by atoms with E-state index >= 15 is 0 Å². The third-order valence-corrected chi connectivity index (χ3v) is 4.39. The quantitative estimate of drug-likeness (QED) is 0.737. The van der Waals surface area contributed by atoms with Crippen LogP contribution >= 0.6 is 34.8 Å². The number of hydrogen-bond donors (Lipinski definition) is 1. The van der Waals surface area contributed by atoms with Crippen molar-refractivity contribution in [3.05, 3.63) is 33.8 Å². The van der Waals surface area contributed by atoms with Gasteiger partial charge in [-0.25, -0.2) is 0 Å². The fourth-order valence-electron chi connectivity index (χ4n) is 1.70. The predicted molar refractivity (Wildman–Crippen MR) is 77.3 cm³/mol. The first-order chi connectivity index (χ1) is 8.06. The van der Waals surface area contributed by atoms with Crippen LogP contribution in [0.4, 0.5) is 0 Å². The largest absolute Gasteiger partial charge is 0.306 e. The number of hydrogen-bond acceptors (Lipinski definition) is 1. The van der Waals surface area contributed by atoms with Crippen molar-refractivity contribution >= 4 is 34.8 Å². The number of alkyl halides is 1. The van der Waals surface area contributed by atoms with Crippen LogP contribution in [-0.4, -0.2) is 11.4 Å². The molecule has 0 aliphatic rings. The van der Waals surface area contributed by atoms with E-state index in [-0.39, 0.29) is 5.54 Å². The number of nitrogens with one attached hydrogen (secondary N) is 1. The minimum atomic E-state index is -0.0206. The Morgan fingerprint density at radius 2 is 1.82 bits per heavy atom. The molecule has 0 saturated heterocycles. The van der Waals surface area contributed by atoms with E-state index in [1.807, 2.05) is 12.1 Å². The van der Waals surface area contributed by atoms with Gasteiger partial charge in [-0.2, -0.15) is 0 Å². The molecule has 0 bridgehead atoms. The average molecular weight is 295 g/mol. The Hall–Kier alpha value is 0.0500. The SMILES string of the molecule is CCC(CC)(CCl)NCc1cc(Cl)ccc1Cl. The minimum Gasteiger partial charge on any atom is -0.306 e. The van der Waals surface area contributed by atoms with Crippen molar-refractivity contribution in [3.8, 4) is 0 Å². The molecule has 1 aromatic carbocycles. The highest BCUT2D eigenvalue weighted by Crippen LogP contribution is 2.23. The van der Waals surface area contributed by atoms with Crippen LogP contribution in [0.2, 0.25) is 10.0 Å². The van der Waals surface area contributed by atoms with Gasteiger partial charge < -0.3 is 5.32 Å². The summed E-state index contributed by atoms with van der Waals surface area (Å²) in [6.07, 6.45) is 1.98. The predicted octanol–water partition coefficient (Wildman–Crippen LogP) is 4.88. The highest BCUT2D eigenvalue weighted by atomic mass is 35.5. The lowest BCUT2D eigenvalue weighted by atomic mass is 9.95. The molecule has 4 heteroatoms. The summed E-state index contributed by atoms with van der Waals surface area (Å²) >= 11 is 18.1. The fraction of sp³-hybridized carbons (Fsp3) is 0.538. The van der Waals surface area contributed by atoms with Crippen LogP contribution in [0.15, 0.2) is 18.2 Å². The number of halogens is 3. The van der Waals surface area contributed by atoms with Gasteiger partial charge in [-0.1, -0.05) is 37.0 Å². The molecule has 0 spiro atoms. The Labute approximate surface area is 118 Å². The van der Waals surface area contributed by atoms with Gasteiger partial charge in [0.15, 0.2) is 0 Å². The molecule has 0 radical (unpaired) electrons. The van der Waals surface area contributed by atoms with Crippen molar-refractivity contribution in [2.75, 3.05) is 5.88 Å². The molecule has 0 heterocycles. The highest BCUT2D eigenvalue weighted by Gasteiger charge is 2.24. The molecule has 0 aliphatic heterocycles. The maximum absolute atomic E-state index is 6.12. The molecule has 1 nitrogen and oxygen atoms in total. The molecule has 0 amide bonds. The second-order valence-electron chi connectivity index (χ2n) is 4.21. The van der Waals surface area contributed by atoms with E-state index in [4.69, 9.17) is 34.8 Å². The van der Waals surface area contributed by atoms with E-state index < -0.39 is 0 Å². The van der Waals surface area contributed by atoms with E-state index in [0.29, 0.717) is 17.4 Å². The summed E-state index contributed by atoms with van der Waals surface area (Å²) in [5.41, 5.74) is 0.989. The van der Waals surface area contributed by atoms with E-state index in [9.17, 15) is 0 Å². The van der Waals surface area contributed by atoms with Crippen LogP contribution < -0.4 is 5.32 Å². The van der Waals surface area contributed by atoms with Crippen LogP contribution in [0.25, 0.3) is 0 Å². The first-order valence-electron chi connectivity index (χ1n) is 5.82. The van der Waals surface area contributed by atoms with Gasteiger partial charge in [-0.3, -0.25) is 0 Å². The Bertz CT molecular complexity index is 353. The van der Waals surface area contributed by atoms with Gasteiger partial charge in [0.1, 0.15) is 0 Å². The normalized spacial score (nSPS) is 11.8. The van der Waals surface area contributed by atoms with Crippen molar-refractivity contribution in [1.82, 2.24) is 5.32 Å². The van der Waals surface area contributed by atoms with Gasteiger partial charge >= 0.3 is 0 Å². The Kier molecular flexibility index (Phi) is 6.08. The molecule has 1 N–H and O–H groups in total. The van der Waals surface area contributed by atoms with Crippen LogP contribution in [-0.2, 0) is 6.54 Å². The van der Waals surface area contributed by atoms with Crippen molar-refractivity contribution < 1.29 is 0 Å². The highest BCUT2D eigenvalue weighted by molar-refractivity contribution is 6.33. The number of rotatable bonds is 6. The monoisotopic (exact) mass is 293 g/mol. The number of benzene rings is 1. The third-order valence-electron chi connectivity index (χ3n) is 3.27. The van der Waals surface area contributed by atoms with Crippen molar-refractivity contribution in [1.29, 1.82) is 0 Å². The second kappa shape index (κ2) is 6.84. The van der Waals surface area contributed by atoms with E-state index in [1.165, 1.54) is 0 Å². The smallest absolute Gasteiger partial charge is 0.0451 e. The Balaban J connectivity index is 2.75. The fourth-order valence-corrected chi connectivity index (χ4v) is 2.55. The van der Waals surface area contributed by atoms with E-state index in [1.54, 1.807) is 6.07 Å². The molecule has 0 aliphatic carbocycles. The zero-order valence-electron chi connectivity index (χ0n) is 10.2. The van der Waals surface area contributed by atoms with Gasteiger partial charge in [-0.05, 0) is 36.6 Å². The van der Waals surface area contributed by atoms with Gasteiger partial charge in [-0.15, -0.1) is 11.6 Å². The Morgan fingerprint density at radius 3 is 2.35 bits per heavy atom. The molecule has 0 saturated carbocycles. The van der Waals surface area contributed by atoms with Crippen molar-refractivity contribution in [3.63, 3.8) is 0 Å². The molecular formula is C13H18Cl3N. The summed E-state index contributed by atoms with van der Waals surface area (Å²) in [6.45, 7) is 4.96. The van der Waals surface area contributed by atoms with Gasteiger partial charge in [0.25, 0.3) is 0 Å². The van der Waals surface area contributed by atoms with Crippen LogP contribution in [0.3, 0.4) is 0 Å². The van der Waals surface area contributed by atoms with E-state index in [2.05, 4.69) is 19.2 Å². The summed E-state index contributed by atoms with van der Waals surface area (Å²) in [5.74, 6) is 0.595. The maximum Gasteiger partial charge on any atom is 0.0451 e. The molecule has 96 valence electrons. The van der Waals surface area contributed by atoms with Crippen LogP contribution in [0, 0.1) is 0 Å². The molecule has 0 unspecified atom stereocenters. The van der Waals surface area contributed by atoms with Gasteiger partial charge in [0.05, 0.1) is 0 Å². The molecular weight excluding hydrogens is 277 g/mol. The average Bonchev–Trinajstić information content (AvgIpc) is 2.35. The summed E-state index contributed by atoms with van der Waals surface area (Å²) in [7, 11) is 0. The molecule has 17 heavy (non-hydrogen) atoms. The van der Waals surface area contributed by atoms with Gasteiger partial charge in [0.2, 0.25) is 0 Å².